The summed E-state index contributed by atoms with van der Waals surface area (Å²) >= 11 is 0. The Bertz CT molecular complexity index is 58.6. The predicted octanol–water partition coefficient (Wildman–Crippen LogP) is 2.30. The predicted molar refractivity (Wildman–Crippen MR) is 50.0 cm³/mol. The van der Waals surface area contributed by atoms with Gasteiger partial charge < -0.3 is 5.11 Å². The Morgan fingerprint density at radius 3 is 1.64 bits per heavy atom. The zero-order valence-electron chi connectivity index (χ0n) is 7.39. The van der Waals surface area contributed by atoms with Crippen LogP contribution < -0.4 is 0 Å². The Labute approximate surface area is 71.6 Å². The number of hydrogen-bond donors (Lipinski definition) is 1. The molecule has 0 aromatic carbocycles. The molecule has 0 aromatic heterocycles. The summed E-state index contributed by atoms with van der Waals surface area (Å²) in [4.78, 5) is 0. The van der Waals surface area contributed by atoms with Crippen molar-refractivity contribution in [1.29, 1.82) is 0 Å². The highest BCUT2D eigenvalue weighted by molar-refractivity contribution is 6.08. The zero-order chi connectivity index (χ0) is 8.36. The van der Waals surface area contributed by atoms with Crippen LogP contribution in [0.3, 0.4) is 0 Å². The van der Waals surface area contributed by atoms with Gasteiger partial charge in [-0.1, -0.05) is 44.8 Å². The average molecular weight is 154 g/mol. The van der Waals surface area contributed by atoms with Crippen LogP contribution in [0.2, 0.25) is 6.32 Å². The first-order valence-electron chi connectivity index (χ1n) is 4.72. The van der Waals surface area contributed by atoms with E-state index in [9.17, 15) is 0 Å². The molecular weight excluding hydrogens is 135 g/mol. The third-order valence-corrected chi connectivity index (χ3v) is 1.86. The second-order valence-electron chi connectivity index (χ2n) is 2.99. The Morgan fingerprint density at radius 1 is 0.727 bits per heavy atom. The summed E-state index contributed by atoms with van der Waals surface area (Å²) < 4.78 is 0. The van der Waals surface area contributed by atoms with Crippen molar-refractivity contribution >= 4 is 7.85 Å². The fourth-order valence-electron chi connectivity index (χ4n) is 1.14. The fourth-order valence-corrected chi connectivity index (χ4v) is 1.14. The largest absolute Gasteiger partial charge is 0.396 e. The fraction of sp³-hybridized carbons (Fsp3) is 1.00. The monoisotopic (exact) mass is 154 g/mol. The van der Waals surface area contributed by atoms with E-state index in [1.165, 1.54) is 38.5 Å². The minimum Gasteiger partial charge on any atom is -0.396 e. The normalized spacial score (nSPS) is 10.3. The van der Waals surface area contributed by atoms with Gasteiger partial charge in [-0.15, -0.1) is 0 Å². The number of aliphatic hydroxyl groups excluding tert-OH is 1. The van der Waals surface area contributed by atoms with Crippen LogP contribution in [0.5, 0.6) is 0 Å². The molecule has 0 unspecified atom stereocenters. The van der Waals surface area contributed by atoms with Crippen molar-refractivity contribution in [1.82, 2.24) is 0 Å². The topological polar surface area (TPSA) is 20.2 Å². The summed E-state index contributed by atoms with van der Waals surface area (Å²) in [5.41, 5.74) is 0. The van der Waals surface area contributed by atoms with Crippen LogP contribution in [0.1, 0.15) is 44.9 Å². The lowest BCUT2D eigenvalue weighted by Crippen LogP contribution is -1.83. The molecule has 0 atom stereocenters. The summed E-state index contributed by atoms with van der Waals surface area (Å²) in [5, 5.41) is 8.49. The van der Waals surface area contributed by atoms with E-state index >= 15 is 0 Å². The van der Waals surface area contributed by atoms with Crippen molar-refractivity contribution < 1.29 is 5.11 Å². The zero-order valence-corrected chi connectivity index (χ0v) is 7.39. The van der Waals surface area contributed by atoms with Crippen LogP contribution in [-0.2, 0) is 0 Å². The van der Waals surface area contributed by atoms with Gasteiger partial charge in [-0.2, -0.15) is 0 Å². The first kappa shape index (κ1) is 11.0. The molecule has 11 heavy (non-hydrogen) atoms. The van der Waals surface area contributed by atoms with E-state index in [0.29, 0.717) is 6.61 Å². The third kappa shape index (κ3) is 10.0. The molecule has 0 heterocycles. The number of unbranched alkanes of at least 4 members (excludes halogenated alkanes) is 6. The first-order valence-corrected chi connectivity index (χ1v) is 4.72. The van der Waals surface area contributed by atoms with Gasteiger partial charge in [0.25, 0.3) is 0 Å². The molecule has 0 rings (SSSR count). The van der Waals surface area contributed by atoms with Crippen LogP contribution in [0.15, 0.2) is 0 Å². The molecule has 2 heteroatoms. The molecule has 0 amide bonds. The van der Waals surface area contributed by atoms with Gasteiger partial charge in [-0.3, -0.25) is 0 Å². The lowest BCUT2D eigenvalue weighted by Gasteiger charge is -1.98. The van der Waals surface area contributed by atoms with Crippen LogP contribution in [0.4, 0.5) is 0 Å². The van der Waals surface area contributed by atoms with E-state index in [4.69, 9.17) is 13.0 Å². The Morgan fingerprint density at radius 2 is 1.18 bits per heavy atom. The van der Waals surface area contributed by atoms with Crippen LogP contribution >= 0.6 is 0 Å². The molecule has 0 aliphatic carbocycles. The smallest absolute Gasteiger partial charge is 0.0653 e. The lowest BCUT2D eigenvalue weighted by molar-refractivity contribution is 0.282. The molecule has 0 aromatic rings. The molecule has 2 radical (unpaired) electrons. The molecule has 0 spiro atoms. The summed E-state index contributed by atoms with van der Waals surface area (Å²) in [6, 6.07) is 0. The molecular formula is C9H19BO. The molecule has 0 saturated heterocycles. The highest BCUT2D eigenvalue weighted by Gasteiger charge is 1.89. The van der Waals surface area contributed by atoms with Gasteiger partial charge in [0.2, 0.25) is 0 Å². The summed E-state index contributed by atoms with van der Waals surface area (Å²) in [6.45, 7) is 0.350. The second kappa shape index (κ2) is 10.0. The van der Waals surface area contributed by atoms with Crippen molar-refractivity contribution in [3.05, 3.63) is 0 Å². The summed E-state index contributed by atoms with van der Waals surface area (Å²) in [6.07, 6.45) is 9.30. The minimum atomic E-state index is 0.350. The second-order valence-corrected chi connectivity index (χ2v) is 2.99. The number of hydrogen-bond acceptors (Lipinski definition) is 1. The van der Waals surface area contributed by atoms with Crippen LogP contribution in [0.25, 0.3) is 0 Å². The van der Waals surface area contributed by atoms with Gasteiger partial charge in [-0.25, -0.2) is 0 Å². The number of aliphatic hydroxyl groups is 1. The van der Waals surface area contributed by atoms with E-state index in [0.717, 1.165) is 12.7 Å². The SMILES string of the molecule is [B]CCCCCCCCCO. The van der Waals surface area contributed by atoms with E-state index in [1.54, 1.807) is 0 Å². The Kier molecular flexibility index (Phi) is 10.0. The van der Waals surface area contributed by atoms with Gasteiger partial charge in [-0.05, 0) is 6.42 Å². The van der Waals surface area contributed by atoms with Gasteiger partial charge in [0.15, 0.2) is 0 Å². The summed E-state index contributed by atoms with van der Waals surface area (Å²) in [5.74, 6) is 0. The molecule has 1 nitrogen and oxygen atoms in total. The molecule has 0 aliphatic heterocycles. The summed E-state index contributed by atoms with van der Waals surface area (Å²) in [7, 11) is 5.36. The molecule has 0 bridgehead atoms. The lowest BCUT2D eigenvalue weighted by atomic mass is 9.98. The molecule has 0 aliphatic rings. The highest BCUT2D eigenvalue weighted by Crippen LogP contribution is 2.07. The maximum atomic E-state index is 8.49. The van der Waals surface area contributed by atoms with Gasteiger partial charge in [0, 0.05) is 6.61 Å². The number of rotatable bonds is 8. The van der Waals surface area contributed by atoms with E-state index in [2.05, 4.69) is 0 Å². The molecule has 0 fully saturated rings. The van der Waals surface area contributed by atoms with Crippen molar-refractivity contribution in [3.63, 3.8) is 0 Å². The van der Waals surface area contributed by atoms with Crippen molar-refractivity contribution in [2.75, 3.05) is 6.61 Å². The quantitative estimate of drug-likeness (QED) is 0.420. The molecule has 1 N–H and O–H groups in total. The maximum absolute atomic E-state index is 8.49. The first-order chi connectivity index (χ1) is 5.41. The highest BCUT2D eigenvalue weighted by atomic mass is 16.2. The van der Waals surface area contributed by atoms with Gasteiger partial charge in [0.1, 0.15) is 0 Å². The Balaban J connectivity index is 2.69. The Hall–Kier alpha value is 0.0249. The molecule has 0 saturated carbocycles. The average Bonchev–Trinajstić information content (AvgIpc) is 2.03. The molecule has 64 valence electrons. The minimum absolute atomic E-state index is 0.350. The van der Waals surface area contributed by atoms with Crippen molar-refractivity contribution in [3.8, 4) is 0 Å². The van der Waals surface area contributed by atoms with Gasteiger partial charge in [0.05, 0.1) is 7.85 Å². The third-order valence-electron chi connectivity index (χ3n) is 1.86. The van der Waals surface area contributed by atoms with Crippen molar-refractivity contribution in [2.24, 2.45) is 0 Å². The maximum Gasteiger partial charge on any atom is 0.0653 e. The van der Waals surface area contributed by atoms with Crippen molar-refractivity contribution in [2.45, 2.75) is 51.3 Å². The van der Waals surface area contributed by atoms with Crippen LogP contribution in [-0.4, -0.2) is 19.6 Å². The van der Waals surface area contributed by atoms with E-state index in [-0.39, 0.29) is 0 Å². The van der Waals surface area contributed by atoms with E-state index in [1.807, 2.05) is 0 Å². The van der Waals surface area contributed by atoms with Crippen LogP contribution in [0, 0.1) is 0 Å². The van der Waals surface area contributed by atoms with E-state index < -0.39 is 0 Å². The standard InChI is InChI=1S/C9H19BO/c10-8-6-4-2-1-3-5-7-9-11/h11H,1-9H2. The van der Waals surface area contributed by atoms with Gasteiger partial charge >= 0.3 is 0 Å².